The molecule has 132 valence electrons. The number of thiophene rings is 1. The first-order valence-electron chi connectivity index (χ1n) is 7.66. The molecule has 0 spiro atoms. The van der Waals surface area contributed by atoms with Crippen LogP contribution in [0.5, 0.6) is 0 Å². The average Bonchev–Trinajstić information content (AvgIpc) is 3.18. The maximum absolute atomic E-state index is 11.2. The minimum Gasteiger partial charge on any atom is -0.380 e. The van der Waals surface area contributed by atoms with Crippen molar-refractivity contribution in [2.45, 2.75) is 13.0 Å². The van der Waals surface area contributed by atoms with Crippen LogP contribution in [-0.4, -0.2) is 38.2 Å². The molecule has 0 amide bonds. The molecule has 1 aliphatic heterocycles. The number of nitrogens with one attached hydrogen (secondary N) is 1. The van der Waals surface area contributed by atoms with Crippen molar-refractivity contribution >= 4 is 39.0 Å². The van der Waals surface area contributed by atoms with E-state index in [4.69, 9.17) is 5.73 Å². The van der Waals surface area contributed by atoms with Crippen LogP contribution in [-0.2, 0) is 16.8 Å². The summed E-state index contributed by atoms with van der Waals surface area (Å²) in [5.41, 5.74) is 5.54. The van der Waals surface area contributed by atoms with Gasteiger partial charge in [0, 0.05) is 24.2 Å². The smallest absolute Gasteiger partial charge is 0.367 e. The number of rotatable bonds is 7. The molecule has 25 heavy (non-hydrogen) atoms. The summed E-state index contributed by atoms with van der Waals surface area (Å²) < 4.78 is 29.2. The van der Waals surface area contributed by atoms with Gasteiger partial charge in [-0.2, -0.15) is 8.42 Å². The third-order valence-corrected chi connectivity index (χ3v) is 5.16. The second-order valence-corrected chi connectivity index (χ2v) is 7.63. The van der Waals surface area contributed by atoms with Crippen molar-refractivity contribution in [2.75, 3.05) is 18.0 Å². The highest BCUT2D eigenvalue weighted by molar-refractivity contribution is 7.89. The van der Waals surface area contributed by atoms with Crippen LogP contribution in [0.4, 0.5) is 5.82 Å². The molecular formula is C15H18N6O2S2. The third kappa shape index (κ3) is 4.77. The van der Waals surface area contributed by atoms with Crippen molar-refractivity contribution in [3.05, 3.63) is 46.8 Å². The lowest BCUT2D eigenvalue weighted by Crippen LogP contribution is -2.36. The number of hydrogen-bond donors (Lipinski definition) is 2. The highest BCUT2D eigenvalue weighted by atomic mass is 32.2. The predicted molar refractivity (Wildman–Crippen MR) is 100 cm³/mol. The summed E-state index contributed by atoms with van der Waals surface area (Å²) in [6.07, 6.45) is 2.53. The maximum atomic E-state index is 11.2. The molecule has 2 aromatic heterocycles. The first-order chi connectivity index (χ1) is 12.0. The van der Waals surface area contributed by atoms with Crippen LogP contribution >= 0.6 is 11.3 Å². The Morgan fingerprint density at radius 3 is 2.72 bits per heavy atom. The minimum absolute atomic E-state index is 0.0971. The van der Waals surface area contributed by atoms with E-state index in [-0.39, 0.29) is 11.7 Å². The van der Waals surface area contributed by atoms with E-state index in [0.717, 1.165) is 25.3 Å². The van der Waals surface area contributed by atoms with E-state index < -0.39 is 10.2 Å². The van der Waals surface area contributed by atoms with Gasteiger partial charge in [0.25, 0.3) is 0 Å². The Kier molecular flexibility index (Phi) is 5.29. The number of aromatic nitrogens is 1. The topological polar surface area (TPSA) is 113 Å². The molecule has 0 bridgehead atoms. The van der Waals surface area contributed by atoms with Crippen LogP contribution in [0.3, 0.4) is 0 Å². The van der Waals surface area contributed by atoms with E-state index in [9.17, 15) is 8.42 Å². The molecule has 10 heteroatoms. The molecule has 0 aliphatic carbocycles. The molecule has 3 N–H and O–H groups in total. The summed E-state index contributed by atoms with van der Waals surface area (Å²) in [6.45, 7) is 2.05. The van der Waals surface area contributed by atoms with E-state index in [2.05, 4.69) is 30.1 Å². The van der Waals surface area contributed by atoms with E-state index in [1.807, 2.05) is 29.6 Å². The highest BCUT2D eigenvalue weighted by Crippen LogP contribution is 2.17. The van der Waals surface area contributed by atoms with Crippen molar-refractivity contribution in [3.63, 3.8) is 0 Å². The Morgan fingerprint density at radius 2 is 2.08 bits per heavy atom. The van der Waals surface area contributed by atoms with Gasteiger partial charge >= 0.3 is 10.2 Å². The lowest BCUT2D eigenvalue weighted by atomic mass is 10.3. The molecule has 3 heterocycles. The molecule has 0 aromatic carbocycles. The zero-order chi connectivity index (χ0) is 17.7. The second kappa shape index (κ2) is 7.62. The minimum atomic E-state index is -3.81. The van der Waals surface area contributed by atoms with E-state index in [1.54, 1.807) is 17.5 Å². The van der Waals surface area contributed by atoms with Gasteiger partial charge in [-0.15, -0.1) is 20.1 Å². The van der Waals surface area contributed by atoms with Crippen LogP contribution in [0.25, 0.3) is 0 Å². The second-order valence-electron chi connectivity index (χ2n) is 5.33. The fourth-order valence-electron chi connectivity index (χ4n) is 2.36. The zero-order valence-corrected chi connectivity index (χ0v) is 15.0. The first-order valence-corrected chi connectivity index (χ1v) is 9.94. The fraction of sp³-hybridized carbons (Fsp3) is 0.267. The summed E-state index contributed by atoms with van der Waals surface area (Å²) in [5, 5.41) is 4.97. The van der Waals surface area contributed by atoms with Crippen LogP contribution in [0, 0.1) is 0 Å². The molecule has 8 nitrogen and oxygen atoms in total. The van der Waals surface area contributed by atoms with E-state index in [1.165, 1.54) is 4.88 Å². The molecule has 2 aromatic rings. The average molecular weight is 378 g/mol. The SMILES string of the molecule is NC1=NS(=O)(=O)N=C1NCCCN(Cc1cccs1)c1ccccn1. The summed E-state index contributed by atoms with van der Waals surface area (Å²) in [7, 11) is -3.81. The number of anilines is 1. The number of pyridine rings is 1. The van der Waals surface area contributed by atoms with Crippen LogP contribution in [0.2, 0.25) is 0 Å². The summed E-state index contributed by atoms with van der Waals surface area (Å²) in [4.78, 5) is 7.84. The lowest BCUT2D eigenvalue weighted by molar-refractivity contribution is 0.600. The lowest BCUT2D eigenvalue weighted by Gasteiger charge is -2.23. The molecule has 3 rings (SSSR count). The van der Waals surface area contributed by atoms with Crippen molar-refractivity contribution in [2.24, 2.45) is 14.5 Å². The van der Waals surface area contributed by atoms with Gasteiger partial charge in [-0.25, -0.2) is 4.98 Å². The summed E-state index contributed by atoms with van der Waals surface area (Å²) in [5.74, 6) is 0.917. The van der Waals surface area contributed by atoms with Crippen LogP contribution in [0.1, 0.15) is 11.3 Å². The van der Waals surface area contributed by atoms with Crippen LogP contribution in [0.15, 0.2) is 50.7 Å². The molecule has 0 saturated carbocycles. The van der Waals surface area contributed by atoms with Crippen molar-refractivity contribution in [1.29, 1.82) is 0 Å². The molecule has 0 fully saturated rings. The van der Waals surface area contributed by atoms with Crippen molar-refractivity contribution < 1.29 is 8.42 Å². The highest BCUT2D eigenvalue weighted by Gasteiger charge is 2.21. The number of hydrogen-bond acceptors (Lipinski definition) is 7. The van der Waals surface area contributed by atoms with Gasteiger partial charge in [0.05, 0.1) is 6.54 Å². The quantitative estimate of drug-likeness (QED) is 0.699. The Bertz CT molecular complexity index is 863. The number of amidine groups is 2. The predicted octanol–water partition coefficient (Wildman–Crippen LogP) is 1.14. The Labute approximate surface area is 150 Å². The van der Waals surface area contributed by atoms with Gasteiger partial charge in [0.1, 0.15) is 5.82 Å². The molecule has 0 unspecified atom stereocenters. The summed E-state index contributed by atoms with van der Waals surface area (Å²) in [6, 6.07) is 9.93. The van der Waals surface area contributed by atoms with E-state index >= 15 is 0 Å². The van der Waals surface area contributed by atoms with Gasteiger partial charge in [-0.1, -0.05) is 12.1 Å². The number of nitrogens with zero attached hydrogens (tertiary/aromatic N) is 4. The van der Waals surface area contributed by atoms with Gasteiger partial charge in [-0.05, 0) is 30.0 Å². The summed E-state index contributed by atoms with van der Waals surface area (Å²) >= 11 is 1.70. The molecular weight excluding hydrogens is 360 g/mol. The zero-order valence-electron chi connectivity index (χ0n) is 13.4. The van der Waals surface area contributed by atoms with Crippen molar-refractivity contribution in [1.82, 2.24) is 10.3 Å². The molecule has 0 atom stereocenters. The first kappa shape index (κ1) is 17.4. The fourth-order valence-corrected chi connectivity index (χ4v) is 3.84. The Balaban J connectivity index is 1.57. The van der Waals surface area contributed by atoms with Crippen LogP contribution < -0.4 is 16.0 Å². The van der Waals surface area contributed by atoms with Gasteiger partial charge in [-0.3, -0.25) is 0 Å². The standard InChI is InChI=1S/C15H18N6O2S2/c16-14-15(20-25(22,23)19-14)18-8-4-9-21(11-12-5-3-10-24-12)13-6-1-2-7-17-13/h1-3,5-7,10H,4,8-9,11H2,(H2,16,19)(H,18,20). The monoisotopic (exact) mass is 378 g/mol. The van der Waals surface area contributed by atoms with Crippen molar-refractivity contribution in [3.8, 4) is 0 Å². The maximum Gasteiger partial charge on any atom is 0.367 e. The third-order valence-electron chi connectivity index (χ3n) is 3.46. The Morgan fingerprint density at radius 1 is 1.20 bits per heavy atom. The number of nitrogens with two attached hydrogens (primary N) is 1. The largest absolute Gasteiger partial charge is 0.380 e. The molecule has 0 radical (unpaired) electrons. The van der Waals surface area contributed by atoms with Gasteiger partial charge in [0.2, 0.25) is 0 Å². The molecule has 1 aliphatic rings. The normalized spacial score (nSPS) is 15.5. The van der Waals surface area contributed by atoms with Gasteiger partial charge < -0.3 is 16.0 Å². The Hall–Kier alpha value is -2.46. The van der Waals surface area contributed by atoms with Gasteiger partial charge in [0.15, 0.2) is 11.7 Å². The molecule has 0 saturated heterocycles. The van der Waals surface area contributed by atoms with E-state index in [0.29, 0.717) is 6.54 Å².